The molecule has 1 fully saturated rings. The minimum absolute atomic E-state index is 0.0127. The van der Waals surface area contributed by atoms with E-state index >= 15 is 0 Å². The van der Waals surface area contributed by atoms with Crippen LogP contribution in [0.1, 0.15) is 37.6 Å². The van der Waals surface area contributed by atoms with Crippen molar-refractivity contribution in [2.45, 2.75) is 27.2 Å². The van der Waals surface area contributed by atoms with Gasteiger partial charge in [0, 0.05) is 43.2 Å². The Balaban J connectivity index is 1.81. The van der Waals surface area contributed by atoms with E-state index in [-0.39, 0.29) is 17.1 Å². The predicted molar refractivity (Wildman–Crippen MR) is 92.9 cm³/mol. The van der Waals surface area contributed by atoms with Crippen molar-refractivity contribution in [3.8, 4) is 0 Å². The Morgan fingerprint density at radius 2 is 1.61 bits per heavy atom. The lowest BCUT2D eigenvalue weighted by Crippen LogP contribution is -2.50. The number of carbonyl (C=O) groups excluding carboxylic acids is 2. The molecule has 5 heteroatoms. The molecule has 1 aliphatic rings. The fraction of sp³-hybridized carbons (Fsp3) is 0.556. The monoisotopic (exact) mass is 336 g/mol. The quantitative estimate of drug-likeness (QED) is 0.793. The molecule has 0 unspecified atom stereocenters. The van der Waals surface area contributed by atoms with Gasteiger partial charge in [0.1, 0.15) is 0 Å². The molecule has 23 heavy (non-hydrogen) atoms. The number of ketones is 1. The molecular formula is C18H25ClN2O2. The fourth-order valence-corrected chi connectivity index (χ4v) is 2.78. The molecule has 1 heterocycles. The molecule has 0 aliphatic carbocycles. The molecule has 0 N–H and O–H groups in total. The van der Waals surface area contributed by atoms with Crippen molar-refractivity contribution in [3.05, 3.63) is 34.9 Å². The van der Waals surface area contributed by atoms with Gasteiger partial charge in [-0.1, -0.05) is 32.4 Å². The van der Waals surface area contributed by atoms with Crippen LogP contribution in [-0.2, 0) is 4.79 Å². The number of benzene rings is 1. The molecule has 2 rings (SSSR count). The van der Waals surface area contributed by atoms with E-state index < -0.39 is 0 Å². The van der Waals surface area contributed by atoms with Crippen LogP contribution in [0.25, 0.3) is 0 Å². The van der Waals surface area contributed by atoms with E-state index in [1.165, 1.54) is 0 Å². The summed E-state index contributed by atoms with van der Waals surface area (Å²) in [6.45, 7) is 9.50. The van der Waals surface area contributed by atoms with Gasteiger partial charge in [0.25, 0.3) is 0 Å². The minimum Gasteiger partial charge on any atom is -0.340 e. The van der Waals surface area contributed by atoms with Crippen molar-refractivity contribution in [1.82, 2.24) is 9.80 Å². The zero-order valence-corrected chi connectivity index (χ0v) is 14.9. The SMILES string of the molecule is CC(C)(C)CC(=O)N1CCN(CC(=O)c2ccc(Cl)cc2)CC1. The molecule has 0 bridgehead atoms. The molecule has 0 atom stereocenters. The number of nitrogens with zero attached hydrogens (tertiary/aromatic N) is 2. The first-order valence-corrected chi connectivity index (χ1v) is 8.41. The average molecular weight is 337 g/mol. The molecule has 4 nitrogen and oxygen atoms in total. The Morgan fingerprint density at radius 3 is 2.13 bits per heavy atom. The van der Waals surface area contributed by atoms with E-state index in [4.69, 9.17) is 11.6 Å². The highest BCUT2D eigenvalue weighted by Gasteiger charge is 2.25. The summed E-state index contributed by atoms with van der Waals surface area (Å²) in [5.41, 5.74) is 0.694. The van der Waals surface area contributed by atoms with E-state index in [9.17, 15) is 9.59 Å². The fourth-order valence-electron chi connectivity index (χ4n) is 2.65. The van der Waals surface area contributed by atoms with Crippen LogP contribution in [0.2, 0.25) is 5.02 Å². The van der Waals surface area contributed by atoms with Crippen molar-refractivity contribution < 1.29 is 9.59 Å². The molecule has 1 aliphatic heterocycles. The molecular weight excluding hydrogens is 312 g/mol. The van der Waals surface area contributed by atoms with Gasteiger partial charge in [-0.2, -0.15) is 0 Å². The van der Waals surface area contributed by atoms with Gasteiger partial charge in [0.05, 0.1) is 6.54 Å². The average Bonchev–Trinajstić information content (AvgIpc) is 2.46. The largest absolute Gasteiger partial charge is 0.340 e. The standard InChI is InChI=1S/C18H25ClN2O2/c1-18(2,3)12-17(23)21-10-8-20(9-11-21)13-16(22)14-4-6-15(19)7-5-14/h4-7H,8-13H2,1-3H3. The third-order valence-corrected chi connectivity index (χ3v) is 4.19. The third-order valence-electron chi connectivity index (χ3n) is 3.94. The van der Waals surface area contributed by atoms with Crippen LogP contribution >= 0.6 is 11.6 Å². The van der Waals surface area contributed by atoms with Crippen molar-refractivity contribution in [2.75, 3.05) is 32.7 Å². The van der Waals surface area contributed by atoms with Gasteiger partial charge in [-0.15, -0.1) is 0 Å². The maximum atomic E-state index is 12.3. The molecule has 0 spiro atoms. The van der Waals surface area contributed by atoms with E-state index in [1.807, 2.05) is 4.90 Å². The zero-order chi connectivity index (χ0) is 17.0. The van der Waals surface area contributed by atoms with Gasteiger partial charge in [-0.05, 0) is 29.7 Å². The van der Waals surface area contributed by atoms with Crippen molar-refractivity contribution in [3.63, 3.8) is 0 Å². The highest BCUT2D eigenvalue weighted by molar-refractivity contribution is 6.30. The van der Waals surface area contributed by atoms with E-state index in [1.54, 1.807) is 24.3 Å². The van der Waals surface area contributed by atoms with Crippen molar-refractivity contribution >= 4 is 23.3 Å². The lowest BCUT2D eigenvalue weighted by atomic mass is 9.91. The van der Waals surface area contributed by atoms with Crippen LogP contribution in [-0.4, -0.2) is 54.2 Å². The van der Waals surface area contributed by atoms with E-state index in [0.717, 1.165) is 13.1 Å². The van der Waals surface area contributed by atoms with Crippen LogP contribution in [0.4, 0.5) is 0 Å². The van der Waals surface area contributed by atoms with Crippen LogP contribution in [0.5, 0.6) is 0 Å². The first-order chi connectivity index (χ1) is 10.7. The Labute approximate surface area is 143 Å². The molecule has 0 aromatic heterocycles. The maximum absolute atomic E-state index is 12.3. The Hall–Kier alpha value is -1.39. The highest BCUT2D eigenvalue weighted by atomic mass is 35.5. The first-order valence-electron chi connectivity index (χ1n) is 8.03. The van der Waals surface area contributed by atoms with Gasteiger partial charge >= 0.3 is 0 Å². The number of halogens is 1. The van der Waals surface area contributed by atoms with Gasteiger partial charge < -0.3 is 4.90 Å². The highest BCUT2D eigenvalue weighted by Crippen LogP contribution is 2.20. The molecule has 126 valence electrons. The summed E-state index contributed by atoms with van der Waals surface area (Å²) < 4.78 is 0. The number of Topliss-reactive ketones (excluding diaryl/α,β-unsaturated/α-hetero) is 1. The number of hydrogen-bond donors (Lipinski definition) is 0. The number of amides is 1. The lowest BCUT2D eigenvalue weighted by molar-refractivity contribution is -0.134. The Kier molecular flexibility index (Phi) is 5.82. The van der Waals surface area contributed by atoms with Gasteiger partial charge in [-0.25, -0.2) is 0 Å². The van der Waals surface area contributed by atoms with Gasteiger partial charge in [0.2, 0.25) is 5.91 Å². The van der Waals surface area contributed by atoms with Gasteiger partial charge in [-0.3, -0.25) is 14.5 Å². The predicted octanol–water partition coefficient (Wildman–Crippen LogP) is 3.10. The lowest BCUT2D eigenvalue weighted by Gasteiger charge is -2.35. The second kappa shape index (κ2) is 7.45. The zero-order valence-electron chi connectivity index (χ0n) is 14.1. The summed E-state index contributed by atoms with van der Waals surface area (Å²) in [5, 5.41) is 0.632. The second-order valence-electron chi connectivity index (χ2n) is 7.32. The summed E-state index contributed by atoms with van der Waals surface area (Å²) in [4.78, 5) is 28.5. The molecule has 1 saturated heterocycles. The number of hydrogen-bond acceptors (Lipinski definition) is 3. The van der Waals surface area contributed by atoms with Crippen LogP contribution in [0.15, 0.2) is 24.3 Å². The maximum Gasteiger partial charge on any atom is 0.223 e. The number of carbonyl (C=O) groups is 2. The summed E-state index contributed by atoms with van der Waals surface area (Å²) in [6.07, 6.45) is 0.566. The summed E-state index contributed by atoms with van der Waals surface area (Å²) in [7, 11) is 0. The van der Waals surface area contributed by atoms with Crippen molar-refractivity contribution in [1.29, 1.82) is 0 Å². The van der Waals surface area contributed by atoms with Crippen LogP contribution in [0.3, 0.4) is 0 Å². The first kappa shape index (κ1) is 18.0. The third kappa shape index (κ3) is 5.63. The number of rotatable bonds is 4. The van der Waals surface area contributed by atoms with E-state index in [0.29, 0.717) is 36.6 Å². The summed E-state index contributed by atoms with van der Waals surface area (Å²) >= 11 is 5.84. The summed E-state index contributed by atoms with van der Waals surface area (Å²) in [6, 6.07) is 6.98. The summed E-state index contributed by atoms with van der Waals surface area (Å²) in [5.74, 6) is 0.303. The molecule has 0 radical (unpaired) electrons. The Bertz CT molecular complexity index is 555. The van der Waals surface area contributed by atoms with Gasteiger partial charge in [0.15, 0.2) is 5.78 Å². The second-order valence-corrected chi connectivity index (χ2v) is 7.76. The minimum atomic E-state index is 0.0127. The van der Waals surface area contributed by atoms with E-state index in [2.05, 4.69) is 25.7 Å². The Morgan fingerprint density at radius 1 is 1.04 bits per heavy atom. The van der Waals surface area contributed by atoms with Crippen molar-refractivity contribution in [2.24, 2.45) is 5.41 Å². The number of piperazine rings is 1. The smallest absolute Gasteiger partial charge is 0.223 e. The molecule has 1 aromatic rings. The van der Waals surface area contributed by atoms with Crippen LogP contribution < -0.4 is 0 Å². The molecule has 1 aromatic carbocycles. The molecule has 0 saturated carbocycles. The normalized spacial score (nSPS) is 16.4. The topological polar surface area (TPSA) is 40.6 Å². The van der Waals surface area contributed by atoms with Crippen LogP contribution in [0, 0.1) is 5.41 Å². The molecule has 1 amide bonds.